The SMILES string of the molecule is C=C(C)CN(CC1CO1)C(=O)/C=C/C. The Balaban J connectivity index is 2.49. The van der Waals surface area contributed by atoms with Crippen LogP contribution in [0.2, 0.25) is 0 Å². The first-order chi connectivity index (χ1) is 6.63. The lowest BCUT2D eigenvalue weighted by Gasteiger charge is -2.20. The Morgan fingerprint density at radius 3 is 2.79 bits per heavy atom. The van der Waals surface area contributed by atoms with Crippen LogP contribution in [0.25, 0.3) is 0 Å². The first-order valence-electron chi connectivity index (χ1n) is 4.81. The fourth-order valence-corrected chi connectivity index (χ4v) is 1.23. The molecule has 0 aliphatic carbocycles. The number of ether oxygens (including phenoxy) is 1. The normalized spacial score (nSPS) is 19.7. The van der Waals surface area contributed by atoms with E-state index in [0.717, 1.165) is 12.2 Å². The van der Waals surface area contributed by atoms with Gasteiger partial charge in [-0.05, 0) is 19.9 Å². The van der Waals surface area contributed by atoms with E-state index in [2.05, 4.69) is 6.58 Å². The van der Waals surface area contributed by atoms with Crippen molar-refractivity contribution >= 4 is 5.91 Å². The average Bonchev–Trinajstić information content (AvgIpc) is 2.86. The second kappa shape index (κ2) is 4.96. The molecule has 0 spiro atoms. The molecule has 1 saturated heterocycles. The number of hydrogen-bond acceptors (Lipinski definition) is 2. The van der Waals surface area contributed by atoms with Gasteiger partial charge in [0, 0.05) is 13.1 Å². The average molecular weight is 195 g/mol. The monoisotopic (exact) mass is 195 g/mol. The highest BCUT2D eigenvalue weighted by Gasteiger charge is 2.26. The molecule has 0 N–H and O–H groups in total. The molecule has 78 valence electrons. The van der Waals surface area contributed by atoms with Crippen LogP contribution in [0.1, 0.15) is 13.8 Å². The molecule has 0 saturated carbocycles. The minimum absolute atomic E-state index is 0.0333. The molecule has 1 amide bonds. The zero-order valence-electron chi connectivity index (χ0n) is 8.82. The highest BCUT2D eigenvalue weighted by Crippen LogP contribution is 2.12. The molecule has 0 bridgehead atoms. The van der Waals surface area contributed by atoms with Crippen LogP contribution in [-0.4, -0.2) is 36.6 Å². The Hall–Kier alpha value is -1.09. The van der Waals surface area contributed by atoms with Gasteiger partial charge in [0.15, 0.2) is 0 Å². The van der Waals surface area contributed by atoms with Gasteiger partial charge >= 0.3 is 0 Å². The third kappa shape index (κ3) is 3.75. The first kappa shape index (κ1) is 11.0. The van der Waals surface area contributed by atoms with Crippen LogP contribution in [0.4, 0.5) is 0 Å². The van der Waals surface area contributed by atoms with Crippen LogP contribution in [0.15, 0.2) is 24.3 Å². The number of carbonyl (C=O) groups is 1. The molecule has 0 aromatic rings. The smallest absolute Gasteiger partial charge is 0.246 e. The van der Waals surface area contributed by atoms with E-state index in [0.29, 0.717) is 13.1 Å². The van der Waals surface area contributed by atoms with Crippen molar-refractivity contribution in [2.45, 2.75) is 20.0 Å². The van der Waals surface area contributed by atoms with Crippen LogP contribution in [0.5, 0.6) is 0 Å². The standard InChI is InChI=1S/C11H17NO2/c1-4-5-11(13)12(6-9(2)3)7-10-8-14-10/h4-5,10H,2,6-8H2,1,3H3/b5-4+. The molecule has 1 aliphatic heterocycles. The predicted molar refractivity (Wildman–Crippen MR) is 55.9 cm³/mol. The van der Waals surface area contributed by atoms with Crippen LogP contribution in [0.3, 0.4) is 0 Å². The summed E-state index contributed by atoms with van der Waals surface area (Å²) < 4.78 is 5.10. The molecule has 1 aliphatic rings. The number of carbonyl (C=O) groups excluding carboxylic acids is 1. The number of allylic oxidation sites excluding steroid dienone is 1. The Bertz CT molecular complexity index is 254. The van der Waals surface area contributed by atoms with Crippen LogP contribution >= 0.6 is 0 Å². The summed E-state index contributed by atoms with van der Waals surface area (Å²) in [4.78, 5) is 13.3. The maximum Gasteiger partial charge on any atom is 0.246 e. The maximum atomic E-state index is 11.6. The number of epoxide rings is 1. The number of hydrogen-bond donors (Lipinski definition) is 0. The second-order valence-electron chi connectivity index (χ2n) is 3.63. The molecule has 0 aromatic heterocycles. The summed E-state index contributed by atoms with van der Waals surface area (Å²) >= 11 is 0. The highest BCUT2D eigenvalue weighted by molar-refractivity contribution is 5.87. The van der Waals surface area contributed by atoms with Gasteiger partial charge in [-0.1, -0.05) is 18.2 Å². The highest BCUT2D eigenvalue weighted by atomic mass is 16.6. The van der Waals surface area contributed by atoms with Crippen LogP contribution in [0, 0.1) is 0 Å². The third-order valence-corrected chi connectivity index (χ3v) is 1.91. The number of nitrogens with zero attached hydrogens (tertiary/aromatic N) is 1. The van der Waals surface area contributed by atoms with Crippen LogP contribution < -0.4 is 0 Å². The molecule has 1 unspecified atom stereocenters. The lowest BCUT2D eigenvalue weighted by molar-refractivity contribution is -0.125. The molecule has 3 nitrogen and oxygen atoms in total. The molecule has 0 radical (unpaired) electrons. The van der Waals surface area contributed by atoms with Gasteiger partial charge < -0.3 is 9.64 Å². The van der Waals surface area contributed by atoms with Gasteiger partial charge in [-0.2, -0.15) is 0 Å². The summed E-state index contributed by atoms with van der Waals surface area (Å²) in [5.41, 5.74) is 0.989. The molecule has 0 aromatic carbocycles. The molecule has 1 fully saturated rings. The van der Waals surface area contributed by atoms with E-state index in [1.807, 2.05) is 13.8 Å². The Kier molecular flexibility index (Phi) is 3.89. The lowest BCUT2D eigenvalue weighted by atomic mass is 10.3. The van der Waals surface area contributed by atoms with E-state index in [9.17, 15) is 4.79 Å². The van der Waals surface area contributed by atoms with Crippen molar-refractivity contribution in [3.8, 4) is 0 Å². The molecule has 1 rings (SSSR count). The van der Waals surface area contributed by atoms with Crippen molar-refractivity contribution in [3.05, 3.63) is 24.3 Å². The summed E-state index contributed by atoms with van der Waals surface area (Å²) in [6.07, 6.45) is 3.57. The van der Waals surface area contributed by atoms with Crippen molar-refractivity contribution in [1.29, 1.82) is 0 Å². The molecule has 1 atom stereocenters. The zero-order valence-corrected chi connectivity index (χ0v) is 8.82. The first-order valence-corrected chi connectivity index (χ1v) is 4.81. The van der Waals surface area contributed by atoms with Crippen LogP contribution in [-0.2, 0) is 9.53 Å². The van der Waals surface area contributed by atoms with Gasteiger partial charge in [-0.25, -0.2) is 0 Å². The molecular formula is C11H17NO2. The minimum atomic E-state index is 0.0333. The van der Waals surface area contributed by atoms with Crippen molar-refractivity contribution in [3.63, 3.8) is 0 Å². The molecule has 3 heteroatoms. The fraction of sp³-hybridized carbons (Fsp3) is 0.545. The minimum Gasteiger partial charge on any atom is -0.371 e. The number of amides is 1. The third-order valence-electron chi connectivity index (χ3n) is 1.91. The Morgan fingerprint density at radius 2 is 2.36 bits per heavy atom. The molecule has 14 heavy (non-hydrogen) atoms. The van der Waals surface area contributed by atoms with Crippen molar-refractivity contribution in [2.75, 3.05) is 19.7 Å². The zero-order chi connectivity index (χ0) is 10.6. The van der Waals surface area contributed by atoms with E-state index in [1.165, 1.54) is 0 Å². The summed E-state index contributed by atoms with van der Waals surface area (Å²) in [6, 6.07) is 0. The van der Waals surface area contributed by atoms with E-state index >= 15 is 0 Å². The molecular weight excluding hydrogens is 178 g/mol. The Morgan fingerprint density at radius 1 is 1.71 bits per heavy atom. The summed E-state index contributed by atoms with van der Waals surface area (Å²) in [5, 5.41) is 0. The van der Waals surface area contributed by atoms with Gasteiger partial charge in [-0.3, -0.25) is 4.79 Å². The van der Waals surface area contributed by atoms with E-state index in [4.69, 9.17) is 4.74 Å². The topological polar surface area (TPSA) is 32.8 Å². The van der Waals surface area contributed by atoms with Crippen molar-refractivity contribution in [2.24, 2.45) is 0 Å². The Labute approximate surface area is 85.0 Å². The van der Waals surface area contributed by atoms with Crippen molar-refractivity contribution in [1.82, 2.24) is 4.90 Å². The molecule has 1 heterocycles. The fourth-order valence-electron chi connectivity index (χ4n) is 1.23. The summed E-state index contributed by atoms with van der Waals surface area (Å²) in [6.45, 7) is 9.63. The number of rotatable bonds is 5. The van der Waals surface area contributed by atoms with Gasteiger partial charge in [-0.15, -0.1) is 0 Å². The van der Waals surface area contributed by atoms with E-state index in [1.54, 1.807) is 17.1 Å². The second-order valence-corrected chi connectivity index (χ2v) is 3.63. The van der Waals surface area contributed by atoms with Gasteiger partial charge in [0.1, 0.15) is 0 Å². The maximum absolute atomic E-state index is 11.6. The van der Waals surface area contributed by atoms with Gasteiger partial charge in [0.05, 0.1) is 12.7 Å². The van der Waals surface area contributed by atoms with Gasteiger partial charge in [0.25, 0.3) is 0 Å². The van der Waals surface area contributed by atoms with E-state index < -0.39 is 0 Å². The summed E-state index contributed by atoms with van der Waals surface area (Å²) in [7, 11) is 0. The lowest BCUT2D eigenvalue weighted by Crippen LogP contribution is -2.34. The van der Waals surface area contributed by atoms with Gasteiger partial charge in [0.2, 0.25) is 5.91 Å². The predicted octanol–water partition coefficient (Wildman–Crippen LogP) is 1.37. The summed E-state index contributed by atoms with van der Waals surface area (Å²) in [5.74, 6) is 0.0333. The van der Waals surface area contributed by atoms with E-state index in [-0.39, 0.29) is 12.0 Å². The van der Waals surface area contributed by atoms with Crippen molar-refractivity contribution < 1.29 is 9.53 Å². The quantitative estimate of drug-likeness (QED) is 0.377. The largest absolute Gasteiger partial charge is 0.371 e.